The van der Waals surface area contributed by atoms with Gasteiger partial charge in [-0.05, 0) is 37.6 Å². The van der Waals surface area contributed by atoms with Crippen molar-refractivity contribution < 1.29 is 9.32 Å². The van der Waals surface area contributed by atoms with Crippen LogP contribution in [0.15, 0.2) is 28.8 Å². The van der Waals surface area contributed by atoms with E-state index in [1.165, 1.54) is 0 Å². The molecule has 0 saturated heterocycles. The van der Waals surface area contributed by atoms with Crippen molar-refractivity contribution in [3.8, 4) is 0 Å². The first-order valence-electron chi connectivity index (χ1n) is 5.63. The third kappa shape index (κ3) is 2.68. The second-order valence-corrected chi connectivity index (χ2v) is 4.19. The fourth-order valence-electron chi connectivity index (χ4n) is 1.71. The number of amides is 1. The number of carbonyl (C=O) groups excluding carboxylic acids is 1. The molecule has 0 aliphatic rings. The van der Waals surface area contributed by atoms with Crippen molar-refractivity contribution in [2.24, 2.45) is 0 Å². The summed E-state index contributed by atoms with van der Waals surface area (Å²) in [5, 5.41) is 6.59. The Labute approximate surface area is 105 Å². The van der Waals surface area contributed by atoms with Gasteiger partial charge in [0, 0.05) is 17.3 Å². The van der Waals surface area contributed by atoms with Crippen LogP contribution in [0.3, 0.4) is 0 Å². The molecule has 2 aromatic rings. The lowest BCUT2D eigenvalue weighted by atomic mass is 10.1. The standard InChI is InChI=1S/C13H15N3O2/c1-8-5-10(14)3-4-12(8)13(17)15-7-11-6-9(2)18-16-11/h3-6H,7,14H2,1-2H3,(H,15,17). The third-order valence-electron chi connectivity index (χ3n) is 2.60. The molecule has 0 aliphatic carbocycles. The maximum atomic E-state index is 11.9. The molecule has 1 aromatic heterocycles. The number of hydrogen-bond acceptors (Lipinski definition) is 4. The van der Waals surface area contributed by atoms with Crippen LogP contribution in [0.1, 0.15) is 27.4 Å². The Bertz CT molecular complexity index is 575. The van der Waals surface area contributed by atoms with E-state index in [-0.39, 0.29) is 5.91 Å². The van der Waals surface area contributed by atoms with E-state index in [1.54, 1.807) is 24.3 Å². The van der Waals surface area contributed by atoms with Gasteiger partial charge < -0.3 is 15.6 Å². The molecule has 1 amide bonds. The fourth-order valence-corrected chi connectivity index (χ4v) is 1.71. The molecule has 3 N–H and O–H groups in total. The third-order valence-corrected chi connectivity index (χ3v) is 2.60. The van der Waals surface area contributed by atoms with E-state index in [0.29, 0.717) is 23.5 Å². The summed E-state index contributed by atoms with van der Waals surface area (Å²) < 4.78 is 4.92. The second kappa shape index (κ2) is 4.91. The first-order valence-corrected chi connectivity index (χ1v) is 5.63. The molecule has 0 radical (unpaired) electrons. The highest BCUT2D eigenvalue weighted by molar-refractivity contribution is 5.95. The average molecular weight is 245 g/mol. The minimum absolute atomic E-state index is 0.145. The first kappa shape index (κ1) is 12.2. The van der Waals surface area contributed by atoms with Crippen molar-refractivity contribution in [1.29, 1.82) is 0 Å². The Hall–Kier alpha value is -2.30. The summed E-state index contributed by atoms with van der Waals surface area (Å²) in [5.41, 5.74) is 8.46. The Morgan fingerprint density at radius 2 is 2.17 bits per heavy atom. The van der Waals surface area contributed by atoms with Gasteiger partial charge in [0.2, 0.25) is 0 Å². The number of hydrogen-bond donors (Lipinski definition) is 2. The van der Waals surface area contributed by atoms with E-state index in [0.717, 1.165) is 11.3 Å². The minimum Gasteiger partial charge on any atom is -0.399 e. The Morgan fingerprint density at radius 3 is 2.78 bits per heavy atom. The quantitative estimate of drug-likeness (QED) is 0.808. The molecular weight excluding hydrogens is 230 g/mol. The number of nitrogens with two attached hydrogens (primary N) is 1. The molecule has 5 nitrogen and oxygen atoms in total. The van der Waals surface area contributed by atoms with Gasteiger partial charge in [0.1, 0.15) is 11.5 Å². The predicted molar refractivity (Wildman–Crippen MR) is 68.0 cm³/mol. The maximum absolute atomic E-state index is 11.9. The Kier molecular flexibility index (Phi) is 3.32. The van der Waals surface area contributed by atoms with Crippen molar-refractivity contribution in [2.45, 2.75) is 20.4 Å². The van der Waals surface area contributed by atoms with Gasteiger partial charge in [-0.3, -0.25) is 4.79 Å². The zero-order valence-electron chi connectivity index (χ0n) is 10.4. The topological polar surface area (TPSA) is 81.2 Å². The lowest BCUT2D eigenvalue weighted by molar-refractivity contribution is 0.0949. The van der Waals surface area contributed by atoms with E-state index >= 15 is 0 Å². The van der Waals surface area contributed by atoms with Crippen LogP contribution in [-0.2, 0) is 6.54 Å². The number of carbonyl (C=O) groups is 1. The Morgan fingerprint density at radius 1 is 1.39 bits per heavy atom. The van der Waals surface area contributed by atoms with E-state index in [4.69, 9.17) is 10.3 Å². The SMILES string of the molecule is Cc1cc(CNC(=O)c2ccc(N)cc2C)no1. The largest absolute Gasteiger partial charge is 0.399 e. The second-order valence-electron chi connectivity index (χ2n) is 4.19. The van der Waals surface area contributed by atoms with Gasteiger partial charge in [-0.1, -0.05) is 5.16 Å². The van der Waals surface area contributed by atoms with Gasteiger partial charge in [-0.2, -0.15) is 0 Å². The summed E-state index contributed by atoms with van der Waals surface area (Å²) >= 11 is 0. The highest BCUT2D eigenvalue weighted by atomic mass is 16.5. The molecule has 0 atom stereocenters. The lowest BCUT2D eigenvalue weighted by Crippen LogP contribution is -2.23. The van der Waals surface area contributed by atoms with Crippen LogP contribution in [-0.4, -0.2) is 11.1 Å². The van der Waals surface area contributed by atoms with Crippen LogP contribution >= 0.6 is 0 Å². The summed E-state index contributed by atoms with van der Waals surface area (Å²) in [6.45, 7) is 4.01. The molecule has 18 heavy (non-hydrogen) atoms. The summed E-state index contributed by atoms with van der Waals surface area (Å²) in [6.07, 6.45) is 0. The van der Waals surface area contributed by atoms with Crippen molar-refractivity contribution in [1.82, 2.24) is 10.5 Å². The summed E-state index contributed by atoms with van der Waals surface area (Å²) in [6, 6.07) is 6.99. The average Bonchev–Trinajstić information content (AvgIpc) is 2.72. The molecule has 1 heterocycles. The van der Waals surface area contributed by atoms with Gasteiger partial charge in [-0.25, -0.2) is 0 Å². The number of rotatable bonds is 3. The van der Waals surface area contributed by atoms with Crippen LogP contribution in [0.5, 0.6) is 0 Å². The van der Waals surface area contributed by atoms with Crippen molar-refractivity contribution in [2.75, 3.05) is 5.73 Å². The number of benzene rings is 1. The molecule has 0 bridgehead atoms. The zero-order chi connectivity index (χ0) is 13.1. The lowest BCUT2D eigenvalue weighted by Gasteiger charge is -2.06. The number of nitrogen functional groups attached to an aromatic ring is 1. The fraction of sp³-hybridized carbons (Fsp3) is 0.231. The molecule has 0 saturated carbocycles. The highest BCUT2D eigenvalue weighted by Crippen LogP contribution is 2.12. The molecular formula is C13H15N3O2. The van der Waals surface area contributed by atoms with Gasteiger partial charge in [-0.15, -0.1) is 0 Å². The van der Waals surface area contributed by atoms with E-state index in [1.807, 2.05) is 13.8 Å². The number of anilines is 1. The Balaban J connectivity index is 2.03. The van der Waals surface area contributed by atoms with Gasteiger partial charge >= 0.3 is 0 Å². The number of nitrogens with zero attached hydrogens (tertiary/aromatic N) is 1. The normalized spacial score (nSPS) is 10.3. The van der Waals surface area contributed by atoms with Crippen LogP contribution in [0.2, 0.25) is 0 Å². The predicted octanol–water partition coefficient (Wildman–Crippen LogP) is 1.80. The molecule has 0 unspecified atom stereocenters. The van der Waals surface area contributed by atoms with E-state index in [2.05, 4.69) is 10.5 Å². The summed E-state index contributed by atoms with van der Waals surface area (Å²) in [7, 11) is 0. The van der Waals surface area contributed by atoms with E-state index < -0.39 is 0 Å². The van der Waals surface area contributed by atoms with Crippen LogP contribution in [0.25, 0.3) is 0 Å². The van der Waals surface area contributed by atoms with Gasteiger partial charge in [0.25, 0.3) is 5.91 Å². The van der Waals surface area contributed by atoms with Crippen molar-refractivity contribution in [3.05, 3.63) is 46.8 Å². The van der Waals surface area contributed by atoms with Crippen molar-refractivity contribution >= 4 is 11.6 Å². The molecule has 94 valence electrons. The summed E-state index contributed by atoms with van der Waals surface area (Å²) in [5.74, 6) is 0.580. The number of aryl methyl sites for hydroxylation is 2. The molecule has 2 rings (SSSR count). The monoisotopic (exact) mass is 245 g/mol. The minimum atomic E-state index is -0.145. The van der Waals surface area contributed by atoms with E-state index in [9.17, 15) is 4.79 Å². The number of nitrogens with one attached hydrogen (secondary N) is 1. The zero-order valence-corrected chi connectivity index (χ0v) is 10.4. The van der Waals surface area contributed by atoms with Crippen molar-refractivity contribution in [3.63, 3.8) is 0 Å². The number of aromatic nitrogens is 1. The molecule has 1 aromatic carbocycles. The van der Waals surface area contributed by atoms with Gasteiger partial charge in [0.05, 0.1) is 6.54 Å². The first-order chi connectivity index (χ1) is 8.56. The molecule has 0 aliphatic heterocycles. The molecule has 0 fully saturated rings. The van der Waals surface area contributed by atoms with Crippen LogP contribution in [0, 0.1) is 13.8 Å². The van der Waals surface area contributed by atoms with Gasteiger partial charge in [0.15, 0.2) is 0 Å². The molecule has 5 heteroatoms. The van der Waals surface area contributed by atoms with Crippen LogP contribution < -0.4 is 11.1 Å². The molecule has 0 spiro atoms. The smallest absolute Gasteiger partial charge is 0.251 e. The maximum Gasteiger partial charge on any atom is 0.251 e. The van der Waals surface area contributed by atoms with Crippen LogP contribution in [0.4, 0.5) is 5.69 Å². The highest BCUT2D eigenvalue weighted by Gasteiger charge is 2.09. The summed E-state index contributed by atoms with van der Waals surface area (Å²) in [4.78, 5) is 11.9.